The van der Waals surface area contributed by atoms with Gasteiger partial charge >= 0.3 is 0 Å². The van der Waals surface area contributed by atoms with E-state index in [1.807, 2.05) is 0 Å². The van der Waals surface area contributed by atoms with Crippen molar-refractivity contribution in [2.75, 3.05) is 11.9 Å². The molecule has 1 unspecified atom stereocenters. The number of anilines is 1. The number of carbonyl (C=O) groups is 1. The van der Waals surface area contributed by atoms with Crippen LogP contribution < -0.4 is 5.32 Å². The number of aromatic nitrogens is 1. The Hall–Kier alpha value is -2.58. The van der Waals surface area contributed by atoms with Crippen LogP contribution in [0, 0.1) is 17.0 Å². The minimum absolute atomic E-state index is 0.0420. The average molecular weight is 361 g/mol. The fourth-order valence-corrected chi connectivity index (χ4v) is 2.76. The van der Waals surface area contributed by atoms with Gasteiger partial charge in [0.1, 0.15) is 6.10 Å². The van der Waals surface area contributed by atoms with Crippen LogP contribution in [0.1, 0.15) is 18.9 Å². The van der Waals surface area contributed by atoms with E-state index in [1.54, 1.807) is 37.4 Å². The number of ether oxygens (including phenoxy) is 1. The number of nitrogens with zero attached hydrogens (tertiary/aromatic N) is 2. The van der Waals surface area contributed by atoms with Crippen molar-refractivity contribution in [2.24, 2.45) is 0 Å². The zero-order valence-electron chi connectivity index (χ0n) is 14.0. The van der Waals surface area contributed by atoms with E-state index in [9.17, 15) is 14.9 Å². The summed E-state index contributed by atoms with van der Waals surface area (Å²) < 4.78 is 5.38. The first-order chi connectivity index (χ1) is 11.9. The van der Waals surface area contributed by atoms with Crippen LogP contribution in [0.3, 0.4) is 0 Å². The third kappa shape index (κ3) is 4.94. The first-order valence-corrected chi connectivity index (χ1v) is 8.54. The topological polar surface area (TPSA) is 94.4 Å². The summed E-state index contributed by atoms with van der Waals surface area (Å²) in [5.41, 5.74) is 1.83. The normalized spacial score (nSPS) is 11.8. The Morgan fingerprint density at radius 2 is 2.32 bits per heavy atom. The largest absolute Gasteiger partial charge is 0.368 e. The molecule has 1 atom stereocenters. The second-order valence-electron chi connectivity index (χ2n) is 5.38. The third-order valence-corrected chi connectivity index (χ3v) is 4.25. The van der Waals surface area contributed by atoms with Crippen molar-refractivity contribution in [1.29, 1.82) is 0 Å². The number of nitrogens with one attached hydrogen (secondary N) is 1. The first kappa shape index (κ1) is 18.8. The number of nitro benzene ring substituents is 1. The van der Waals surface area contributed by atoms with Gasteiger partial charge in [0, 0.05) is 22.6 Å². The van der Waals surface area contributed by atoms with Crippen molar-refractivity contribution in [3.05, 3.63) is 51.9 Å². The molecule has 0 aliphatic rings. The fourth-order valence-electron chi connectivity index (χ4n) is 2.04. The molecule has 0 radical (unpaired) electrons. The van der Waals surface area contributed by atoms with Crippen LogP contribution in [0.15, 0.2) is 36.2 Å². The van der Waals surface area contributed by atoms with E-state index in [0.717, 1.165) is 0 Å². The van der Waals surface area contributed by atoms with Crippen molar-refractivity contribution in [1.82, 2.24) is 4.98 Å². The number of benzene rings is 1. The number of carbonyl (C=O) groups excluding carboxylic acids is 1. The zero-order valence-corrected chi connectivity index (χ0v) is 14.8. The molecule has 1 aromatic heterocycles. The summed E-state index contributed by atoms with van der Waals surface area (Å²) in [4.78, 5) is 27.0. The van der Waals surface area contributed by atoms with Crippen LogP contribution in [-0.2, 0) is 9.53 Å². The van der Waals surface area contributed by atoms with Gasteiger partial charge in [0.25, 0.3) is 11.6 Å². The summed E-state index contributed by atoms with van der Waals surface area (Å²) in [5, 5.41) is 15.9. The lowest BCUT2D eigenvalue weighted by Gasteiger charge is -2.11. The molecule has 0 saturated heterocycles. The van der Waals surface area contributed by atoms with Gasteiger partial charge in [0.05, 0.1) is 17.2 Å². The SMILES string of the molecule is C=CCCOC(C)C(=O)Nc1nc(-c2ccc(C)c([N+](=O)[O-])c2)cs1. The molecular formula is C17H19N3O4S. The van der Waals surface area contributed by atoms with Crippen LogP contribution in [0.2, 0.25) is 0 Å². The molecule has 1 amide bonds. The van der Waals surface area contributed by atoms with Crippen LogP contribution in [0.25, 0.3) is 11.3 Å². The molecule has 1 aromatic carbocycles. The van der Waals surface area contributed by atoms with Gasteiger partial charge in [0.2, 0.25) is 0 Å². The van der Waals surface area contributed by atoms with Crippen molar-refractivity contribution in [2.45, 2.75) is 26.4 Å². The van der Waals surface area contributed by atoms with Crippen LogP contribution in [-0.4, -0.2) is 28.5 Å². The van der Waals surface area contributed by atoms with Gasteiger partial charge in [-0.3, -0.25) is 20.2 Å². The maximum atomic E-state index is 12.1. The van der Waals surface area contributed by atoms with E-state index in [4.69, 9.17) is 4.74 Å². The number of hydrogen-bond donors (Lipinski definition) is 1. The summed E-state index contributed by atoms with van der Waals surface area (Å²) in [6.45, 7) is 7.36. The predicted octanol–water partition coefficient (Wildman–Crippen LogP) is 3.95. The van der Waals surface area contributed by atoms with Gasteiger partial charge in [-0.25, -0.2) is 4.98 Å². The van der Waals surface area contributed by atoms with E-state index in [-0.39, 0.29) is 11.6 Å². The molecule has 8 heteroatoms. The Kier molecular flexibility index (Phi) is 6.37. The molecule has 0 aliphatic heterocycles. The highest BCUT2D eigenvalue weighted by Gasteiger charge is 2.17. The standard InChI is InChI=1S/C17H19N3O4S/c1-4-5-8-24-12(3)16(21)19-17-18-14(10-25-17)13-7-6-11(2)15(9-13)20(22)23/h4,6-7,9-10,12H,1,5,8H2,2-3H3,(H,18,19,21). The second kappa shape index (κ2) is 8.50. The molecule has 0 saturated carbocycles. The van der Waals surface area contributed by atoms with Gasteiger partial charge in [-0.1, -0.05) is 18.2 Å². The zero-order chi connectivity index (χ0) is 18.4. The molecular weight excluding hydrogens is 342 g/mol. The number of rotatable bonds is 8. The Labute approximate surface area is 149 Å². The number of hydrogen-bond acceptors (Lipinski definition) is 6. The number of aryl methyl sites for hydroxylation is 1. The molecule has 2 aromatic rings. The predicted molar refractivity (Wildman–Crippen MR) is 97.8 cm³/mol. The van der Waals surface area contributed by atoms with Crippen molar-refractivity contribution >= 4 is 28.1 Å². The lowest BCUT2D eigenvalue weighted by Crippen LogP contribution is -2.27. The Bertz CT molecular complexity index is 788. The molecule has 0 spiro atoms. The lowest BCUT2D eigenvalue weighted by molar-refractivity contribution is -0.385. The minimum Gasteiger partial charge on any atom is -0.368 e. The lowest BCUT2D eigenvalue weighted by atomic mass is 10.1. The molecule has 7 nitrogen and oxygen atoms in total. The summed E-state index contributed by atoms with van der Waals surface area (Å²) in [6.07, 6.45) is 1.79. The number of thiazole rings is 1. The monoisotopic (exact) mass is 361 g/mol. The van der Waals surface area contributed by atoms with Crippen LogP contribution in [0.4, 0.5) is 10.8 Å². The summed E-state index contributed by atoms with van der Waals surface area (Å²) in [6, 6.07) is 4.93. The molecule has 132 valence electrons. The van der Waals surface area contributed by atoms with Gasteiger partial charge in [-0.15, -0.1) is 17.9 Å². The van der Waals surface area contributed by atoms with Gasteiger partial charge in [0.15, 0.2) is 5.13 Å². The smallest absolute Gasteiger partial charge is 0.272 e. The van der Waals surface area contributed by atoms with Gasteiger partial charge in [-0.05, 0) is 20.3 Å². The highest BCUT2D eigenvalue weighted by Crippen LogP contribution is 2.29. The highest BCUT2D eigenvalue weighted by molar-refractivity contribution is 7.14. The van der Waals surface area contributed by atoms with E-state index < -0.39 is 11.0 Å². The maximum absolute atomic E-state index is 12.1. The molecule has 0 aliphatic carbocycles. The molecule has 25 heavy (non-hydrogen) atoms. The van der Waals surface area contributed by atoms with Gasteiger partial charge < -0.3 is 4.74 Å². The highest BCUT2D eigenvalue weighted by atomic mass is 32.1. The molecule has 0 fully saturated rings. The maximum Gasteiger partial charge on any atom is 0.272 e. The molecule has 1 N–H and O–H groups in total. The first-order valence-electron chi connectivity index (χ1n) is 7.66. The summed E-state index contributed by atoms with van der Waals surface area (Å²) in [7, 11) is 0. The van der Waals surface area contributed by atoms with E-state index in [2.05, 4.69) is 16.9 Å². The second-order valence-corrected chi connectivity index (χ2v) is 6.23. The summed E-state index contributed by atoms with van der Waals surface area (Å²) >= 11 is 1.25. The van der Waals surface area contributed by atoms with E-state index >= 15 is 0 Å². The quantitative estimate of drug-likeness (QED) is 0.332. The Morgan fingerprint density at radius 3 is 3.00 bits per heavy atom. The molecule has 0 bridgehead atoms. The number of amides is 1. The average Bonchev–Trinajstić information content (AvgIpc) is 3.03. The van der Waals surface area contributed by atoms with E-state index in [0.29, 0.717) is 35.0 Å². The Balaban J connectivity index is 2.07. The van der Waals surface area contributed by atoms with Crippen molar-refractivity contribution < 1.29 is 14.5 Å². The van der Waals surface area contributed by atoms with Crippen molar-refractivity contribution in [3.63, 3.8) is 0 Å². The number of nitro groups is 1. The van der Waals surface area contributed by atoms with Crippen LogP contribution >= 0.6 is 11.3 Å². The summed E-state index contributed by atoms with van der Waals surface area (Å²) in [5.74, 6) is -0.292. The van der Waals surface area contributed by atoms with E-state index in [1.165, 1.54) is 17.4 Å². The molecule has 2 rings (SSSR count). The van der Waals surface area contributed by atoms with Crippen LogP contribution in [0.5, 0.6) is 0 Å². The Morgan fingerprint density at radius 1 is 1.56 bits per heavy atom. The van der Waals surface area contributed by atoms with Gasteiger partial charge in [-0.2, -0.15) is 0 Å². The minimum atomic E-state index is -0.604. The third-order valence-electron chi connectivity index (χ3n) is 3.49. The molecule has 1 heterocycles. The van der Waals surface area contributed by atoms with Crippen molar-refractivity contribution in [3.8, 4) is 11.3 Å². The fraction of sp³-hybridized carbons (Fsp3) is 0.294.